The maximum atomic E-state index is 11.3. The summed E-state index contributed by atoms with van der Waals surface area (Å²) in [5.41, 5.74) is 1.20. The monoisotopic (exact) mass is 176 g/mol. The van der Waals surface area contributed by atoms with Crippen molar-refractivity contribution in [3.8, 4) is 5.75 Å². The number of nitrogens with zero attached hydrogens (tertiary/aromatic N) is 1. The van der Waals surface area contributed by atoms with Crippen LogP contribution < -0.4 is 10.3 Å². The van der Waals surface area contributed by atoms with Gasteiger partial charge in [0.2, 0.25) is 0 Å². The average molecular weight is 176 g/mol. The molecule has 0 bridgehead atoms. The van der Waals surface area contributed by atoms with Crippen molar-refractivity contribution in [2.45, 2.75) is 0 Å². The van der Waals surface area contributed by atoms with Crippen molar-refractivity contribution < 1.29 is 4.74 Å². The molecule has 0 radical (unpaired) electrons. The number of hydrogen-bond donors (Lipinski definition) is 1. The number of fused-ring (bicyclic) bond motifs is 1. The van der Waals surface area contributed by atoms with Crippen LogP contribution >= 0.6 is 0 Å². The van der Waals surface area contributed by atoms with Crippen molar-refractivity contribution in [1.82, 2.24) is 9.97 Å². The Balaban J connectivity index is 2.81. The van der Waals surface area contributed by atoms with E-state index in [0.29, 0.717) is 5.52 Å². The Morgan fingerprint density at radius 2 is 2.38 bits per heavy atom. The summed E-state index contributed by atoms with van der Waals surface area (Å²) in [7, 11) is 1.46. The quantitative estimate of drug-likeness (QED) is 0.703. The number of rotatable bonds is 1. The van der Waals surface area contributed by atoms with Gasteiger partial charge in [0, 0.05) is 12.3 Å². The Morgan fingerprint density at radius 1 is 1.54 bits per heavy atom. The molecule has 0 aliphatic carbocycles. The van der Waals surface area contributed by atoms with Crippen LogP contribution in [0.15, 0.2) is 29.2 Å². The highest BCUT2D eigenvalue weighted by Crippen LogP contribution is 2.10. The first kappa shape index (κ1) is 7.79. The Labute approximate surface area is 74.2 Å². The Bertz CT molecular complexity index is 490. The topological polar surface area (TPSA) is 55.0 Å². The van der Waals surface area contributed by atoms with Gasteiger partial charge < -0.3 is 9.72 Å². The molecule has 0 aromatic carbocycles. The van der Waals surface area contributed by atoms with Gasteiger partial charge in [0.1, 0.15) is 0 Å². The number of H-pyrrole nitrogens is 1. The lowest BCUT2D eigenvalue weighted by Gasteiger charge is -1.99. The second-order valence-corrected chi connectivity index (χ2v) is 2.60. The molecule has 2 aromatic rings. The van der Waals surface area contributed by atoms with Crippen LogP contribution in [0.4, 0.5) is 0 Å². The van der Waals surface area contributed by atoms with E-state index in [0.717, 1.165) is 5.52 Å². The summed E-state index contributed by atoms with van der Waals surface area (Å²) >= 11 is 0. The normalized spacial score (nSPS) is 10.2. The highest BCUT2D eigenvalue weighted by molar-refractivity contribution is 5.74. The Morgan fingerprint density at radius 3 is 3.15 bits per heavy atom. The molecule has 2 heterocycles. The summed E-state index contributed by atoms with van der Waals surface area (Å²) in [4.78, 5) is 18.0. The fraction of sp³-hybridized carbons (Fsp3) is 0.111. The minimum absolute atomic E-state index is 0.233. The summed E-state index contributed by atoms with van der Waals surface area (Å²) in [5, 5.41) is 0. The van der Waals surface area contributed by atoms with Gasteiger partial charge in [-0.3, -0.25) is 9.78 Å². The Kier molecular flexibility index (Phi) is 1.73. The zero-order valence-electron chi connectivity index (χ0n) is 7.07. The number of pyridine rings is 2. The number of aromatic amines is 1. The van der Waals surface area contributed by atoms with Gasteiger partial charge in [0.15, 0.2) is 5.75 Å². The molecule has 0 unspecified atom stereocenters. The molecular weight excluding hydrogens is 168 g/mol. The molecule has 2 rings (SSSR count). The molecule has 4 heteroatoms. The molecule has 0 aliphatic rings. The molecule has 0 amide bonds. The molecule has 0 saturated heterocycles. The predicted molar refractivity (Wildman–Crippen MR) is 48.9 cm³/mol. The third kappa shape index (κ3) is 1.26. The minimum atomic E-state index is -0.233. The lowest BCUT2D eigenvalue weighted by atomic mass is 10.3. The largest absolute Gasteiger partial charge is 0.491 e. The molecule has 0 aliphatic heterocycles. The van der Waals surface area contributed by atoms with Crippen LogP contribution in [0.3, 0.4) is 0 Å². The summed E-state index contributed by atoms with van der Waals surface area (Å²) in [6.45, 7) is 0. The van der Waals surface area contributed by atoms with Crippen LogP contribution in [0.5, 0.6) is 5.75 Å². The van der Waals surface area contributed by atoms with E-state index in [2.05, 4.69) is 9.97 Å². The fourth-order valence-electron chi connectivity index (χ4n) is 1.16. The first-order valence-corrected chi connectivity index (χ1v) is 3.83. The smallest absolute Gasteiger partial charge is 0.290 e. The van der Waals surface area contributed by atoms with E-state index in [4.69, 9.17) is 4.74 Å². The second-order valence-electron chi connectivity index (χ2n) is 2.60. The van der Waals surface area contributed by atoms with Gasteiger partial charge in [-0.2, -0.15) is 0 Å². The van der Waals surface area contributed by atoms with E-state index in [9.17, 15) is 4.79 Å². The lowest BCUT2D eigenvalue weighted by molar-refractivity contribution is 0.409. The second kappa shape index (κ2) is 2.90. The molecule has 0 saturated carbocycles. The minimum Gasteiger partial charge on any atom is -0.491 e. The van der Waals surface area contributed by atoms with Crippen molar-refractivity contribution in [2.24, 2.45) is 0 Å². The van der Waals surface area contributed by atoms with Crippen molar-refractivity contribution in [2.75, 3.05) is 7.11 Å². The summed E-state index contributed by atoms with van der Waals surface area (Å²) in [6, 6.07) is 5.18. The van der Waals surface area contributed by atoms with Crippen LogP contribution in [0, 0.1) is 0 Å². The van der Waals surface area contributed by atoms with Crippen molar-refractivity contribution in [1.29, 1.82) is 0 Å². The molecule has 2 aromatic heterocycles. The average Bonchev–Trinajstić information content (AvgIpc) is 2.17. The number of aromatic nitrogens is 2. The number of hydrogen-bond acceptors (Lipinski definition) is 3. The van der Waals surface area contributed by atoms with E-state index < -0.39 is 0 Å². The number of nitrogens with one attached hydrogen (secondary N) is 1. The molecule has 13 heavy (non-hydrogen) atoms. The zero-order chi connectivity index (χ0) is 9.26. The van der Waals surface area contributed by atoms with Gasteiger partial charge in [0.05, 0.1) is 18.1 Å². The van der Waals surface area contributed by atoms with Crippen molar-refractivity contribution >= 4 is 11.0 Å². The van der Waals surface area contributed by atoms with Gasteiger partial charge >= 0.3 is 0 Å². The van der Waals surface area contributed by atoms with Crippen LogP contribution in [0.1, 0.15) is 0 Å². The van der Waals surface area contributed by atoms with E-state index in [1.54, 1.807) is 24.4 Å². The Hall–Kier alpha value is -1.84. The highest BCUT2D eigenvalue weighted by atomic mass is 16.5. The van der Waals surface area contributed by atoms with Crippen molar-refractivity contribution in [3.05, 3.63) is 34.7 Å². The summed E-state index contributed by atoms with van der Waals surface area (Å²) in [5.74, 6) is 0.284. The highest BCUT2D eigenvalue weighted by Gasteiger charge is 2.01. The van der Waals surface area contributed by atoms with Gasteiger partial charge in [-0.1, -0.05) is 0 Å². The molecule has 66 valence electrons. The summed E-state index contributed by atoms with van der Waals surface area (Å²) < 4.78 is 4.87. The van der Waals surface area contributed by atoms with Gasteiger partial charge in [-0.05, 0) is 12.1 Å². The van der Waals surface area contributed by atoms with E-state index >= 15 is 0 Å². The first-order valence-electron chi connectivity index (χ1n) is 3.83. The van der Waals surface area contributed by atoms with Gasteiger partial charge in [-0.25, -0.2) is 0 Å². The van der Waals surface area contributed by atoms with Gasteiger partial charge in [0.25, 0.3) is 5.56 Å². The predicted octanol–water partition coefficient (Wildman–Crippen LogP) is 0.932. The molecule has 0 atom stereocenters. The summed E-state index contributed by atoms with van der Waals surface area (Å²) in [6.07, 6.45) is 1.67. The van der Waals surface area contributed by atoms with Crippen molar-refractivity contribution in [3.63, 3.8) is 0 Å². The van der Waals surface area contributed by atoms with Crippen LogP contribution in [0.2, 0.25) is 0 Å². The molecule has 0 spiro atoms. The molecule has 0 fully saturated rings. The molecule has 1 N–H and O–H groups in total. The van der Waals surface area contributed by atoms with Gasteiger partial charge in [-0.15, -0.1) is 0 Å². The third-order valence-electron chi connectivity index (χ3n) is 1.80. The van der Waals surface area contributed by atoms with Crippen LogP contribution in [0.25, 0.3) is 11.0 Å². The first-order chi connectivity index (χ1) is 6.31. The van der Waals surface area contributed by atoms with Crippen LogP contribution in [-0.2, 0) is 0 Å². The molecule has 4 nitrogen and oxygen atoms in total. The zero-order valence-corrected chi connectivity index (χ0v) is 7.07. The standard InChI is InChI=1S/C9H8N2O2/c1-13-8-5-7-6(11-9(8)12)3-2-4-10-7/h2-5H,1H3,(H,11,12). The maximum absolute atomic E-state index is 11.3. The SMILES string of the molecule is COc1cc2ncccc2[nH]c1=O. The maximum Gasteiger partial charge on any atom is 0.290 e. The van der Waals surface area contributed by atoms with Crippen LogP contribution in [-0.4, -0.2) is 17.1 Å². The van der Waals surface area contributed by atoms with E-state index in [-0.39, 0.29) is 11.3 Å². The molecular formula is C9H8N2O2. The van der Waals surface area contributed by atoms with E-state index in [1.165, 1.54) is 7.11 Å². The fourth-order valence-corrected chi connectivity index (χ4v) is 1.16. The lowest BCUT2D eigenvalue weighted by Crippen LogP contribution is -2.08. The third-order valence-corrected chi connectivity index (χ3v) is 1.80. The number of methoxy groups -OCH3 is 1. The van der Waals surface area contributed by atoms with E-state index in [1.807, 2.05) is 0 Å². The number of ether oxygens (including phenoxy) is 1.